The van der Waals surface area contributed by atoms with E-state index in [1.807, 2.05) is 19.1 Å². The lowest BCUT2D eigenvalue weighted by Crippen LogP contribution is -2.36. The molecule has 1 aliphatic carbocycles. The van der Waals surface area contributed by atoms with Crippen molar-refractivity contribution in [3.05, 3.63) is 69.1 Å². The summed E-state index contributed by atoms with van der Waals surface area (Å²) >= 11 is 0. The second-order valence-electron chi connectivity index (χ2n) is 11.1. The van der Waals surface area contributed by atoms with Crippen molar-refractivity contribution >= 4 is 11.0 Å². The number of fused-ring (bicyclic) bond motifs is 1. The molecule has 1 fully saturated rings. The third kappa shape index (κ3) is 6.85. The lowest BCUT2D eigenvalue weighted by atomic mass is 9.85. The van der Waals surface area contributed by atoms with E-state index in [9.17, 15) is 9.90 Å². The van der Waals surface area contributed by atoms with Crippen LogP contribution in [0.2, 0.25) is 0 Å². The van der Waals surface area contributed by atoms with Crippen molar-refractivity contribution in [1.82, 2.24) is 0 Å². The van der Waals surface area contributed by atoms with Gasteiger partial charge in [0.05, 0.1) is 19.3 Å². The number of hydrogen-bond donors (Lipinski definition) is 1. The summed E-state index contributed by atoms with van der Waals surface area (Å²) in [5, 5.41) is 10.9. The molecule has 1 aliphatic rings. The van der Waals surface area contributed by atoms with Crippen LogP contribution in [0.15, 0.2) is 51.2 Å². The highest BCUT2D eigenvalue weighted by Crippen LogP contribution is 2.53. The van der Waals surface area contributed by atoms with E-state index in [2.05, 4.69) is 45.9 Å². The maximum absolute atomic E-state index is 13.4. The highest BCUT2D eigenvalue weighted by atomic mass is 16.5. The number of benzene rings is 1. The molecule has 0 amide bonds. The van der Waals surface area contributed by atoms with Crippen LogP contribution in [-0.4, -0.2) is 38.6 Å². The fraction of sp³-hybridized carbons (Fsp3) is 0.545. The first-order valence-electron chi connectivity index (χ1n) is 14.0. The van der Waals surface area contributed by atoms with Gasteiger partial charge in [0.2, 0.25) is 0 Å². The molecule has 214 valence electrons. The predicted octanol–water partition coefficient (Wildman–Crippen LogP) is 7.25. The van der Waals surface area contributed by atoms with E-state index in [-0.39, 0.29) is 46.5 Å². The normalized spacial score (nSPS) is 21.0. The van der Waals surface area contributed by atoms with Crippen molar-refractivity contribution < 1.29 is 23.7 Å². The Hall–Kier alpha value is -2.83. The first kappa shape index (κ1) is 30.7. The summed E-state index contributed by atoms with van der Waals surface area (Å²) in [7, 11) is 5.04. The van der Waals surface area contributed by atoms with Gasteiger partial charge in [-0.05, 0) is 51.4 Å². The largest absolute Gasteiger partial charge is 0.507 e. The molecule has 6 atom stereocenters. The monoisotopic (exact) mass is 538 g/mol. The molecule has 1 N–H and O–H groups in total. The summed E-state index contributed by atoms with van der Waals surface area (Å²) in [5.74, 6) is 2.15. The number of aromatic hydroxyl groups is 1. The lowest BCUT2D eigenvalue weighted by Gasteiger charge is -2.32. The summed E-state index contributed by atoms with van der Waals surface area (Å²) in [6, 6.07) is 1.55. The Morgan fingerprint density at radius 3 is 2.46 bits per heavy atom. The molecular weight excluding hydrogens is 492 g/mol. The number of rotatable bonds is 13. The average Bonchev–Trinajstić information content (AvgIpc) is 3.64. The van der Waals surface area contributed by atoms with Crippen LogP contribution in [0.3, 0.4) is 0 Å². The Balaban J connectivity index is 1.84. The van der Waals surface area contributed by atoms with Crippen molar-refractivity contribution in [2.24, 2.45) is 17.8 Å². The molecule has 1 heterocycles. The molecule has 0 radical (unpaired) electrons. The summed E-state index contributed by atoms with van der Waals surface area (Å²) in [6.07, 6.45) is 12.4. The van der Waals surface area contributed by atoms with Crippen molar-refractivity contribution in [2.75, 3.05) is 21.3 Å². The summed E-state index contributed by atoms with van der Waals surface area (Å²) in [6.45, 7) is 12.3. The van der Waals surface area contributed by atoms with Gasteiger partial charge in [0.1, 0.15) is 28.2 Å². The molecular formula is C33H46O6. The van der Waals surface area contributed by atoms with Gasteiger partial charge in [0.15, 0.2) is 5.43 Å². The third-order valence-electron chi connectivity index (χ3n) is 8.37. The number of methoxy groups -OCH3 is 3. The van der Waals surface area contributed by atoms with Crippen LogP contribution >= 0.6 is 0 Å². The van der Waals surface area contributed by atoms with Gasteiger partial charge in [0, 0.05) is 43.8 Å². The van der Waals surface area contributed by atoms with Gasteiger partial charge in [-0.1, -0.05) is 56.7 Å². The Kier molecular flexibility index (Phi) is 10.6. The molecule has 0 aliphatic heterocycles. The molecule has 3 rings (SSSR count). The van der Waals surface area contributed by atoms with Gasteiger partial charge in [0.25, 0.3) is 0 Å². The molecule has 0 bridgehead atoms. The summed E-state index contributed by atoms with van der Waals surface area (Å²) in [5.41, 5.74) is 2.90. The number of allylic oxidation sites excluding steroid dienone is 5. The minimum Gasteiger partial charge on any atom is -0.507 e. The maximum atomic E-state index is 13.4. The van der Waals surface area contributed by atoms with Crippen LogP contribution in [0, 0.1) is 24.7 Å². The molecule has 0 saturated heterocycles. The topological polar surface area (TPSA) is 78.1 Å². The van der Waals surface area contributed by atoms with Crippen LogP contribution in [0.1, 0.15) is 70.3 Å². The lowest BCUT2D eigenvalue weighted by molar-refractivity contribution is -0.0343. The second-order valence-corrected chi connectivity index (χ2v) is 11.1. The SMILES string of the molecule is C/C=C(C)/C=C/C=C/C(OC)C(C)C(OC)C(C)CCc1oc2c(C3CC3C)c(OC)cc(O)c2c(=O)c1C. The van der Waals surface area contributed by atoms with Gasteiger partial charge < -0.3 is 23.7 Å². The zero-order chi connectivity index (χ0) is 28.9. The van der Waals surface area contributed by atoms with Crippen LogP contribution in [0.25, 0.3) is 11.0 Å². The van der Waals surface area contributed by atoms with Gasteiger partial charge in [-0.15, -0.1) is 0 Å². The molecule has 6 unspecified atom stereocenters. The third-order valence-corrected chi connectivity index (χ3v) is 8.37. The Morgan fingerprint density at radius 1 is 1.21 bits per heavy atom. The summed E-state index contributed by atoms with van der Waals surface area (Å²) < 4.78 is 23.8. The van der Waals surface area contributed by atoms with Crippen molar-refractivity contribution in [2.45, 2.75) is 78.9 Å². The maximum Gasteiger partial charge on any atom is 0.199 e. The highest BCUT2D eigenvalue weighted by Gasteiger charge is 2.39. The molecule has 39 heavy (non-hydrogen) atoms. The van der Waals surface area contributed by atoms with Crippen LogP contribution in [-0.2, 0) is 15.9 Å². The van der Waals surface area contributed by atoms with Crippen LogP contribution in [0.5, 0.6) is 11.5 Å². The predicted molar refractivity (Wildman–Crippen MR) is 158 cm³/mol. The molecule has 2 aromatic rings. The Labute approximate surface area is 233 Å². The van der Waals surface area contributed by atoms with Crippen LogP contribution in [0.4, 0.5) is 0 Å². The molecule has 1 saturated carbocycles. The standard InChI is InChI=1S/C33H46O6/c1-10-19(2)13-11-12-14-26(36-7)23(6)32(38-9)20(3)15-16-27-22(5)31(35)30-25(34)18-28(37-8)29(33(30)39-27)24-17-21(24)4/h10-14,18,20-21,23-24,26,32,34H,15-17H2,1-9H3/b13-11+,14-12+,19-10+. The Morgan fingerprint density at radius 2 is 1.90 bits per heavy atom. The molecule has 1 aromatic heterocycles. The van der Waals surface area contributed by atoms with Gasteiger partial charge in [-0.25, -0.2) is 0 Å². The number of ether oxygens (including phenoxy) is 3. The quantitative estimate of drug-likeness (QED) is 0.271. The van der Waals surface area contributed by atoms with Crippen molar-refractivity contribution in [3.63, 3.8) is 0 Å². The van der Waals surface area contributed by atoms with Gasteiger partial charge >= 0.3 is 0 Å². The molecule has 6 nitrogen and oxygen atoms in total. The molecule has 1 aromatic carbocycles. The minimum absolute atomic E-state index is 0.0552. The van der Waals surface area contributed by atoms with E-state index in [0.29, 0.717) is 35.0 Å². The zero-order valence-electron chi connectivity index (χ0n) is 25.0. The highest BCUT2D eigenvalue weighted by molar-refractivity contribution is 5.89. The first-order chi connectivity index (χ1) is 18.6. The van der Waals surface area contributed by atoms with E-state index in [4.69, 9.17) is 18.6 Å². The number of phenolic OH excluding ortho intramolecular Hbond substituents is 1. The fourth-order valence-corrected chi connectivity index (χ4v) is 5.58. The smallest absolute Gasteiger partial charge is 0.199 e. The summed E-state index contributed by atoms with van der Waals surface area (Å²) in [4.78, 5) is 13.4. The van der Waals surface area contributed by atoms with E-state index >= 15 is 0 Å². The first-order valence-corrected chi connectivity index (χ1v) is 14.0. The van der Waals surface area contributed by atoms with E-state index in [1.165, 1.54) is 5.57 Å². The molecule has 6 heteroatoms. The van der Waals surface area contributed by atoms with E-state index in [0.717, 1.165) is 18.4 Å². The van der Waals surface area contributed by atoms with Gasteiger partial charge in [-0.3, -0.25) is 4.79 Å². The number of phenols is 1. The Bertz CT molecular complexity index is 1280. The second kappa shape index (κ2) is 13.5. The van der Waals surface area contributed by atoms with Gasteiger partial charge in [-0.2, -0.15) is 0 Å². The fourth-order valence-electron chi connectivity index (χ4n) is 5.58. The molecule has 0 spiro atoms. The van der Waals surface area contributed by atoms with Crippen LogP contribution < -0.4 is 10.2 Å². The number of aryl methyl sites for hydroxylation is 1. The number of hydrogen-bond acceptors (Lipinski definition) is 6. The van der Waals surface area contributed by atoms with E-state index < -0.39 is 0 Å². The average molecular weight is 539 g/mol. The van der Waals surface area contributed by atoms with E-state index in [1.54, 1.807) is 34.3 Å². The minimum atomic E-state index is -0.184. The zero-order valence-corrected chi connectivity index (χ0v) is 25.0. The van der Waals surface area contributed by atoms with Crippen molar-refractivity contribution in [3.8, 4) is 11.5 Å². The van der Waals surface area contributed by atoms with Crippen molar-refractivity contribution in [1.29, 1.82) is 0 Å².